The van der Waals surface area contributed by atoms with Gasteiger partial charge < -0.3 is 9.79 Å². The fraction of sp³-hybridized carbons (Fsp3) is 0.308. The molecule has 1 aromatic heterocycles. The number of hydrogen-bond donors (Lipinski definition) is 2. The summed E-state index contributed by atoms with van der Waals surface area (Å²) in [6, 6.07) is 9.37. The van der Waals surface area contributed by atoms with E-state index < -0.39 is 12.8 Å². The number of nitrogens with zero attached hydrogens (tertiary/aromatic N) is 1. The van der Waals surface area contributed by atoms with Crippen molar-refractivity contribution in [1.82, 2.24) is 4.98 Å². The Kier molecular flexibility index (Phi) is 3.06. The predicted octanol–water partition coefficient (Wildman–Crippen LogP) is 2.96. The van der Waals surface area contributed by atoms with Gasteiger partial charge in [-0.15, -0.1) is 0 Å². The molecule has 1 heterocycles. The minimum atomic E-state index is -4.24. The molecule has 0 unspecified atom stereocenters. The predicted molar refractivity (Wildman–Crippen MR) is 71.6 cm³/mol. The summed E-state index contributed by atoms with van der Waals surface area (Å²) in [6.45, 7) is 4.87. The number of aryl methyl sites for hydroxylation is 1. The summed E-state index contributed by atoms with van der Waals surface area (Å²) >= 11 is 0. The van der Waals surface area contributed by atoms with Crippen molar-refractivity contribution < 1.29 is 14.4 Å². The highest BCUT2D eigenvalue weighted by molar-refractivity contribution is 7.53. The quantitative estimate of drug-likeness (QED) is 0.819. The van der Waals surface area contributed by atoms with Gasteiger partial charge in [0.05, 0.1) is 10.7 Å². The highest BCUT2D eigenvalue weighted by Crippen LogP contribution is 2.57. The number of hydrogen-bond acceptors (Lipinski definition) is 2. The summed E-state index contributed by atoms with van der Waals surface area (Å²) in [7, 11) is -4.24. The van der Waals surface area contributed by atoms with Crippen LogP contribution in [0.1, 0.15) is 25.1 Å². The van der Waals surface area contributed by atoms with Gasteiger partial charge in [0.15, 0.2) is 0 Å². The zero-order valence-electron chi connectivity index (χ0n) is 10.6. The number of pyridine rings is 1. The molecule has 5 heteroatoms. The minimum Gasteiger partial charge on any atom is -0.324 e. The van der Waals surface area contributed by atoms with E-state index in [1.807, 2.05) is 30.3 Å². The average Bonchev–Trinajstić information content (AvgIpc) is 2.26. The third kappa shape index (κ3) is 2.07. The van der Waals surface area contributed by atoms with Gasteiger partial charge in [0.25, 0.3) is 0 Å². The lowest BCUT2D eigenvalue weighted by atomic mass is 9.99. The molecular weight excluding hydrogens is 249 g/mol. The average molecular weight is 265 g/mol. The van der Waals surface area contributed by atoms with E-state index in [2.05, 4.69) is 4.98 Å². The largest absolute Gasteiger partial charge is 0.335 e. The Bertz CT molecular complexity index is 646. The van der Waals surface area contributed by atoms with Crippen molar-refractivity contribution in [3.8, 4) is 0 Å². The second-order valence-corrected chi connectivity index (χ2v) is 7.12. The monoisotopic (exact) mass is 265 g/mol. The molecule has 0 bridgehead atoms. The summed E-state index contributed by atoms with van der Waals surface area (Å²) in [6.07, 6.45) is 0. The smallest absolute Gasteiger partial charge is 0.324 e. The zero-order chi connectivity index (χ0) is 13.6. The molecule has 0 fully saturated rings. The first-order valence-electron chi connectivity index (χ1n) is 5.66. The van der Waals surface area contributed by atoms with Crippen molar-refractivity contribution in [2.45, 2.75) is 25.9 Å². The van der Waals surface area contributed by atoms with Gasteiger partial charge in [0.2, 0.25) is 0 Å². The molecular formula is C13H16NO3P. The first-order chi connectivity index (χ1) is 8.23. The fourth-order valence-corrected chi connectivity index (χ4v) is 2.53. The standard InChI is InChI=1S/C13H16NO3P/c1-9-11(13(2,3)18(15,16)17)8-10-6-4-5-7-12(10)14-9/h4-8H,1-3H3,(H2,15,16,17). The van der Waals surface area contributed by atoms with Crippen LogP contribution in [0.15, 0.2) is 30.3 Å². The number of rotatable bonds is 2. The molecule has 0 saturated carbocycles. The second-order valence-electron chi connectivity index (χ2n) is 4.92. The molecule has 0 amide bonds. The summed E-state index contributed by atoms with van der Waals surface area (Å²) in [5.74, 6) is 0. The zero-order valence-corrected chi connectivity index (χ0v) is 11.5. The van der Waals surface area contributed by atoms with E-state index >= 15 is 0 Å². The van der Waals surface area contributed by atoms with Gasteiger partial charge in [0, 0.05) is 11.1 Å². The molecule has 4 nitrogen and oxygen atoms in total. The fourth-order valence-electron chi connectivity index (χ4n) is 1.99. The number of para-hydroxylation sites is 1. The van der Waals surface area contributed by atoms with Gasteiger partial charge in [-0.3, -0.25) is 9.55 Å². The van der Waals surface area contributed by atoms with E-state index in [1.54, 1.807) is 20.8 Å². The van der Waals surface area contributed by atoms with E-state index in [0.717, 1.165) is 10.9 Å². The van der Waals surface area contributed by atoms with E-state index in [4.69, 9.17) is 0 Å². The maximum Gasteiger partial charge on any atom is 0.335 e. The lowest BCUT2D eigenvalue weighted by Gasteiger charge is -2.27. The molecule has 0 atom stereocenters. The van der Waals surface area contributed by atoms with Gasteiger partial charge in [-0.2, -0.15) is 0 Å². The van der Waals surface area contributed by atoms with Crippen LogP contribution in [0.25, 0.3) is 10.9 Å². The van der Waals surface area contributed by atoms with Gasteiger partial charge in [-0.25, -0.2) is 0 Å². The Hall–Kier alpha value is -1.22. The van der Waals surface area contributed by atoms with Gasteiger partial charge in [-0.05, 0) is 38.5 Å². The highest BCUT2D eigenvalue weighted by Gasteiger charge is 2.40. The van der Waals surface area contributed by atoms with Crippen LogP contribution in [0.2, 0.25) is 0 Å². The Morgan fingerprint density at radius 3 is 2.44 bits per heavy atom. The molecule has 0 aliphatic carbocycles. The van der Waals surface area contributed by atoms with E-state index in [-0.39, 0.29) is 0 Å². The van der Waals surface area contributed by atoms with E-state index in [0.29, 0.717) is 11.3 Å². The van der Waals surface area contributed by atoms with Crippen LogP contribution in [0.5, 0.6) is 0 Å². The third-order valence-electron chi connectivity index (χ3n) is 3.30. The lowest BCUT2D eigenvalue weighted by molar-refractivity contribution is 0.337. The van der Waals surface area contributed by atoms with Crippen molar-refractivity contribution in [2.24, 2.45) is 0 Å². The molecule has 2 aromatic rings. The number of aromatic nitrogens is 1. The molecule has 0 aliphatic rings. The van der Waals surface area contributed by atoms with Crippen molar-refractivity contribution >= 4 is 18.5 Å². The maximum absolute atomic E-state index is 11.6. The van der Waals surface area contributed by atoms with E-state index in [9.17, 15) is 14.4 Å². The molecule has 2 N–H and O–H groups in total. The van der Waals surface area contributed by atoms with Gasteiger partial charge in [0.1, 0.15) is 0 Å². The molecule has 0 radical (unpaired) electrons. The van der Waals surface area contributed by atoms with Crippen molar-refractivity contribution in [3.63, 3.8) is 0 Å². The summed E-state index contributed by atoms with van der Waals surface area (Å²) in [5, 5.41) is -0.340. The second kappa shape index (κ2) is 4.16. The Labute approximate surface area is 106 Å². The lowest BCUT2D eigenvalue weighted by Crippen LogP contribution is -2.19. The molecule has 0 spiro atoms. The first-order valence-corrected chi connectivity index (χ1v) is 7.27. The van der Waals surface area contributed by atoms with Crippen LogP contribution in [0.4, 0.5) is 0 Å². The van der Waals surface area contributed by atoms with Crippen LogP contribution < -0.4 is 0 Å². The van der Waals surface area contributed by atoms with Crippen LogP contribution in [0, 0.1) is 6.92 Å². The Morgan fingerprint density at radius 2 is 1.83 bits per heavy atom. The summed E-state index contributed by atoms with van der Waals surface area (Å²) in [5.41, 5.74) is 2.08. The SMILES string of the molecule is Cc1nc2ccccc2cc1C(C)(C)P(=O)(O)O. The van der Waals surface area contributed by atoms with E-state index in [1.165, 1.54) is 0 Å². The molecule has 0 aliphatic heterocycles. The summed E-state index contributed by atoms with van der Waals surface area (Å²) < 4.78 is 11.6. The molecule has 18 heavy (non-hydrogen) atoms. The molecule has 0 saturated heterocycles. The van der Waals surface area contributed by atoms with Gasteiger partial charge >= 0.3 is 7.60 Å². The third-order valence-corrected chi connectivity index (χ3v) is 5.00. The van der Waals surface area contributed by atoms with Crippen LogP contribution in [-0.2, 0) is 9.72 Å². The Balaban J connectivity index is 2.72. The van der Waals surface area contributed by atoms with Crippen molar-refractivity contribution in [3.05, 3.63) is 41.6 Å². The van der Waals surface area contributed by atoms with Crippen molar-refractivity contribution in [1.29, 1.82) is 0 Å². The Morgan fingerprint density at radius 1 is 1.22 bits per heavy atom. The van der Waals surface area contributed by atoms with Crippen LogP contribution >= 0.6 is 7.60 Å². The molecule has 1 aromatic carbocycles. The van der Waals surface area contributed by atoms with Crippen LogP contribution in [-0.4, -0.2) is 14.8 Å². The molecule has 96 valence electrons. The number of fused-ring (bicyclic) bond motifs is 1. The molecule has 2 rings (SSSR count). The first kappa shape index (κ1) is 13.2. The van der Waals surface area contributed by atoms with Crippen LogP contribution in [0.3, 0.4) is 0 Å². The topological polar surface area (TPSA) is 70.4 Å². The number of benzene rings is 1. The maximum atomic E-state index is 11.6. The minimum absolute atomic E-state index is 0.592. The normalized spacial score (nSPS) is 12.9. The summed E-state index contributed by atoms with van der Waals surface area (Å²) in [4.78, 5) is 23.4. The van der Waals surface area contributed by atoms with Crippen molar-refractivity contribution in [2.75, 3.05) is 0 Å². The van der Waals surface area contributed by atoms with Gasteiger partial charge in [-0.1, -0.05) is 18.2 Å². The highest BCUT2D eigenvalue weighted by atomic mass is 31.2.